The van der Waals surface area contributed by atoms with Crippen LogP contribution >= 0.6 is 11.3 Å². The summed E-state index contributed by atoms with van der Waals surface area (Å²) < 4.78 is 17.7. The number of amidine groups is 1. The smallest absolute Gasteiger partial charge is 0.283 e. The van der Waals surface area contributed by atoms with E-state index in [-0.39, 0.29) is 11.9 Å². The molecule has 0 radical (unpaired) electrons. The molecule has 2 aromatic rings. The first-order valence-electron chi connectivity index (χ1n) is 10.1. The predicted octanol–water partition coefficient (Wildman–Crippen LogP) is 3.29. The standard InChI is InChI=1S/C22H25N3O4S/c1-4-14-6-8-17(30-14)18(26)24-13-5-7-16-15(9-13)22(12-28-19(23)25-22)21(10-27-11-21)20(2,3)29-16/h5-9H,4,10-12H2,1-3H3,(H2,23,25)(H,24,26). The maximum Gasteiger partial charge on any atom is 0.283 e. The van der Waals surface area contributed by atoms with Gasteiger partial charge in [-0.3, -0.25) is 4.79 Å². The van der Waals surface area contributed by atoms with Gasteiger partial charge >= 0.3 is 0 Å². The Bertz CT molecular complexity index is 1060. The Labute approximate surface area is 179 Å². The average Bonchev–Trinajstić information content (AvgIpc) is 3.28. The lowest BCUT2D eigenvalue weighted by molar-refractivity contribution is -0.247. The summed E-state index contributed by atoms with van der Waals surface area (Å²) in [6.07, 6.45) is 0.913. The molecular weight excluding hydrogens is 402 g/mol. The SMILES string of the molecule is CCc1ccc(C(=O)Nc2ccc3c(c2)C2(COC(N)=N2)C2(COC2)C(C)(C)O3)s1. The van der Waals surface area contributed by atoms with Gasteiger partial charge in [-0.1, -0.05) is 6.92 Å². The number of nitrogens with one attached hydrogen (secondary N) is 1. The molecule has 1 amide bonds. The van der Waals surface area contributed by atoms with Gasteiger partial charge in [0.25, 0.3) is 11.9 Å². The van der Waals surface area contributed by atoms with E-state index in [1.165, 1.54) is 16.2 Å². The summed E-state index contributed by atoms with van der Waals surface area (Å²) in [6, 6.07) is 9.70. The molecule has 1 unspecified atom stereocenters. The number of rotatable bonds is 3. The summed E-state index contributed by atoms with van der Waals surface area (Å²) in [4.78, 5) is 19.4. The van der Waals surface area contributed by atoms with Gasteiger partial charge in [0.2, 0.25) is 0 Å². The number of nitrogens with two attached hydrogens (primary N) is 1. The van der Waals surface area contributed by atoms with E-state index < -0.39 is 16.6 Å². The fourth-order valence-corrected chi connectivity index (χ4v) is 5.58. The number of ether oxygens (including phenoxy) is 3. The molecule has 3 aliphatic rings. The number of aryl methyl sites for hydroxylation is 1. The van der Waals surface area contributed by atoms with Crippen LogP contribution in [-0.4, -0.2) is 37.4 Å². The second-order valence-electron chi connectivity index (χ2n) is 8.57. The fourth-order valence-electron chi connectivity index (χ4n) is 4.74. The van der Waals surface area contributed by atoms with E-state index in [1.54, 1.807) is 0 Å². The van der Waals surface area contributed by atoms with E-state index >= 15 is 0 Å². The number of aliphatic imine (C=N–C) groups is 1. The second-order valence-corrected chi connectivity index (χ2v) is 9.74. The normalized spacial score (nSPS) is 25.1. The molecule has 0 saturated carbocycles. The molecule has 1 fully saturated rings. The number of nitrogens with zero attached hydrogens (tertiary/aromatic N) is 1. The minimum Gasteiger partial charge on any atom is -0.487 e. The first-order valence-corrected chi connectivity index (χ1v) is 10.9. The van der Waals surface area contributed by atoms with E-state index in [0.29, 0.717) is 30.4 Å². The molecular formula is C22H25N3O4S. The lowest BCUT2D eigenvalue weighted by Crippen LogP contribution is -2.71. The Kier molecular flexibility index (Phi) is 4.17. The van der Waals surface area contributed by atoms with Crippen molar-refractivity contribution in [2.45, 2.75) is 38.3 Å². The minimum atomic E-state index is -0.717. The number of thiophene rings is 1. The minimum absolute atomic E-state index is 0.127. The summed E-state index contributed by atoms with van der Waals surface area (Å²) in [5, 5.41) is 3.01. The topological polar surface area (TPSA) is 95.2 Å². The Balaban J connectivity index is 1.55. The van der Waals surface area contributed by atoms with Gasteiger partial charge in [-0.05, 0) is 50.6 Å². The van der Waals surface area contributed by atoms with Crippen LogP contribution in [0.2, 0.25) is 0 Å². The van der Waals surface area contributed by atoms with E-state index in [9.17, 15) is 4.79 Å². The van der Waals surface area contributed by atoms with Gasteiger partial charge in [0.1, 0.15) is 23.5 Å². The summed E-state index contributed by atoms with van der Waals surface area (Å²) in [7, 11) is 0. The highest BCUT2D eigenvalue weighted by molar-refractivity contribution is 7.14. The average molecular weight is 428 g/mol. The maximum absolute atomic E-state index is 12.7. The highest BCUT2D eigenvalue weighted by Crippen LogP contribution is 2.62. The molecule has 0 aliphatic carbocycles. The number of benzene rings is 1. The van der Waals surface area contributed by atoms with Crippen molar-refractivity contribution in [3.63, 3.8) is 0 Å². The molecule has 1 aromatic carbocycles. The third kappa shape index (κ3) is 2.53. The van der Waals surface area contributed by atoms with Crippen molar-refractivity contribution < 1.29 is 19.0 Å². The van der Waals surface area contributed by atoms with Crippen molar-refractivity contribution in [1.29, 1.82) is 0 Å². The molecule has 0 bridgehead atoms. The van der Waals surface area contributed by atoms with Gasteiger partial charge < -0.3 is 25.3 Å². The van der Waals surface area contributed by atoms with Crippen molar-refractivity contribution in [3.05, 3.63) is 45.6 Å². The highest BCUT2D eigenvalue weighted by Gasteiger charge is 2.71. The van der Waals surface area contributed by atoms with Crippen LogP contribution in [0.3, 0.4) is 0 Å². The third-order valence-corrected chi connectivity index (χ3v) is 7.88. The van der Waals surface area contributed by atoms with Gasteiger partial charge in [0, 0.05) is 16.1 Å². The molecule has 4 heterocycles. The molecule has 3 aliphatic heterocycles. The number of anilines is 1. The zero-order chi connectivity index (χ0) is 21.1. The van der Waals surface area contributed by atoms with E-state index in [4.69, 9.17) is 24.9 Å². The number of hydrogen-bond donors (Lipinski definition) is 2. The van der Waals surface area contributed by atoms with Crippen molar-refractivity contribution in [1.82, 2.24) is 0 Å². The van der Waals surface area contributed by atoms with E-state index in [0.717, 1.165) is 17.7 Å². The van der Waals surface area contributed by atoms with Crippen molar-refractivity contribution in [3.8, 4) is 5.75 Å². The van der Waals surface area contributed by atoms with Crippen LogP contribution in [0, 0.1) is 5.41 Å². The van der Waals surface area contributed by atoms with Crippen molar-refractivity contribution in [2.24, 2.45) is 16.1 Å². The van der Waals surface area contributed by atoms with Crippen LogP contribution in [0.4, 0.5) is 5.69 Å². The quantitative estimate of drug-likeness (QED) is 0.784. The number of carbonyl (C=O) groups is 1. The Morgan fingerprint density at radius 2 is 2.03 bits per heavy atom. The molecule has 1 aromatic heterocycles. The van der Waals surface area contributed by atoms with Crippen LogP contribution in [0.25, 0.3) is 0 Å². The fraction of sp³-hybridized carbons (Fsp3) is 0.455. The molecule has 5 rings (SSSR count). The van der Waals surface area contributed by atoms with Crippen molar-refractivity contribution in [2.75, 3.05) is 25.1 Å². The number of fused-ring (bicyclic) bond motifs is 3. The molecule has 3 N–H and O–H groups in total. The van der Waals surface area contributed by atoms with Crippen LogP contribution < -0.4 is 15.8 Å². The highest BCUT2D eigenvalue weighted by atomic mass is 32.1. The van der Waals surface area contributed by atoms with Gasteiger partial charge in [-0.2, -0.15) is 0 Å². The van der Waals surface area contributed by atoms with Crippen LogP contribution in [0.15, 0.2) is 35.3 Å². The van der Waals surface area contributed by atoms with Crippen LogP contribution in [-0.2, 0) is 21.4 Å². The van der Waals surface area contributed by atoms with Gasteiger partial charge in [0.05, 0.1) is 23.5 Å². The Morgan fingerprint density at radius 3 is 2.63 bits per heavy atom. The van der Waals surface area contributed by atoms with E-state index in [1.807, 2.05) is 30.3 Å². The first-order chi connectivity index (χ1) is 14.3. The second kappa shape index (κ2) is 6.46. The van der Waals surface area contributed by atoms with Crippen LogP contribution in [0.5, 0.6) is 5.75 Å². The Hall–Kier alpha value is -2.58. The molecule has 1 atom stereocenters. The predicted molar refractivity (Wildman–Crippen MR) is 115 cm³/mol. The molecule has 7 nitrogen and oxygen atoms in total. The monoisotopic (exact) mass is 427 g/mol. The maximum atomic E-state index is 12.7. The molecule has 2 spiro atoms. The lowest BCUT2D eigenvalue weighted by atomic mass is 9.55. The summed E-state index contributed by atoms with van der Waals surface area (Å²) in [5.41, 5.74) is 5.88. The number of amides is 1. The number of carbonyl (C=O) groups excluding carboxylic acids is 1. The summed E-state index contributed by atoms with van der Waals surface area (Å²) >= 11 is 1.51. The van der Waals surface area contributed by atoms with E-state index in [2.05, 4.69) is 26.1 Å². The Morgan fingerprint density at radius 1 is 1.23 bits per heavy atom. The number of hydrogen-bond acceptors (Lipinski definition) is 7. The summed E-state index contributed by atoms with van der Waals surface area (Å²) in [5.74, 6) is 0.597. The molecule has 8 heteroatoms. The van der Waals surface area contributed by atoms with Crippen LogP contribution in [0.1, 0.15) is 40.9 Å². The van der Waals surface area contributed by atoms with Crippen molar-refractivity contribution >= 4 is 29.0 Å². The van der Waals surface area contributed by atoms with Gasteiger partial charge in [0.15, 0.2) is 0 Å². The molecule has 1 saturated heterocycles. The third-order valence-electron chi connectivity index (χ3n) is 6.65. The zero-order valence-corrected chi connectivity index (χ0v) is 18.1. The molecule has 158 valence electrons. The largest absolute Gasteiger partial charge is 0.487 e. The summed E-state index contributed by atoms with van der Waals surface area (Å²) in [6.45, 7) is 7.53. The molecule has 30 heavy (non-hydrogen) atoms. The van der Waals surface area contributed by atoms with Gasteiger partial charge in [-0.25, -0.2) is 4.99 Å². The zero-order valence-electron chi connectivity index (χ0n) is 17.3. The first kappa shape index (κ1) is 19.4. The van der Waals surface area contributed by atoms with Gasteiger partial charge in [-0.15, -0.1) is 11.3 Å². The lowest BCUT2D eigenvalue weighted by Gasteiger charge is -2.61.